The molecule has 0 amide bonds. The molecule has 1 aliphatic carbocycles. The first-order valence-corrected chi connectivity index (χ1v) is 6.93. The maximum absolute atomic E-state index is 9.77. The van der Waals surface area contributed by atoms with E-state index in [-0.39, 0.29) is 11.2 Å². The lowest BCUT2D eigenvalue weighted by Crippen LogP contribution is -2.41. The molecule has 1 aromatic rings. The third-order valence-corrected chi connectivity index (χ3v) is 4.74. The van der Waals surface area contributed by atoms with Crippen LogP contribution < -0.4 is 4.74 Å². The number of fused-ring (bicyclic) bond motifs is 1. The lowest BCUT2D eigenvalue weighted by molar-refractivity contribution is 0.249. The topological polar surface area (TPSA) is 32.7 Å². The van der Waals surface area contributed by atoms with Gasteiger partial charge in [0.1, 0.15) is 0 Å². The van der Waals surface area contributed by atoms with E-state index in [1.165, 1.54) is 12.0 Å². The molecule has 1 saturated heterocycles. The summed E-state index contributed by atoms with van der Waals surface area (Å²) in [6, 6.07) is 6.35. The summed E-state index contributed by atoms with van der Waals surface area (Å²) < 4.78 is 5.26. The number of aromatic hydroxyl groups is 1. The maximum atomic E-state index is 9.77. The van der Waals surface area contributed by atoms with Crippen molar-refractivity contribution >= 4 is 0 Å². The Morgan fingerprint density at radius 2 is 2.26 bits per heavy atom. The van der Waals surface area contributed by atoms with Crippen LogP contribution in [0.15, 0.2) is 30.4 Å². The first-order chi connectivity index (χ1) is 9.17. The number of phenols is 1. The van der Waals surface area contributed by atoms with Gasteiger partial charge in [0, 0.05) is 11.5 Å². The van der Waals surface area contributed by atoms with Gasteiger partial charge in [0.2, 0.25) is 0 Å². The highest BCUT2D eigenvalue weighted by atomic mass is 16.5. The van der Waals surface area contributed by atoms with Crippen molar-refractivity contribution in [1.82, 2.24) is 4.90 Å². The van der Waals surface area contributed by atoms with E-state index < -0.39 is 0 Å². The van der Waals surface area contributed by atoms with Gasteiger partial charge in [0.05, 0.1) is 7.11 Å². The van der Waals surface area contributed by atoms with Crippen LogP contribution in [0.4, 0.5) is 0 Å². The number of rotatable bonds is 2. The molecule has 0 spiro atoms. The monoisotopic (exact) mass is 259 g/mol. The zero-order chi connectivity index (χ0) is 13.5. The summed E-state index contributed by atoms with van der Waals surface area (Å²) >= 11 is 0. The fourth-order valence-electron chi connectivity index (χ4n) is 3.70. The normalized spacial score (nSPS) is 30.3. The maximum Gasteiger partial charge on any atom is 0.160 e. The summed E-state index contributed by atoms with van der Waals surface area (Å²) in [5.41, 5.74) is 1.35. The van der Waals surface area contributed by atoms with Crippen LogP contribution in [-0.4, -0.2) is 36.8 Å². The van der Waals surface area contributed by atoms with Crippen molar-refractivity contribution in [2.45, 2.75) is 30.7 Å². The summed E-state index contributed by atoms with van der Waals surface area (Å²) in [4.78, 5) is 2.46. The summed E-state index contributed by atoms with van der Waals surface area (Å²) in [5.74, 6) is 0.782. The van der Waals surface area contributed by atoms with Gasteiger partial charge in [-0.1, -0.05) is 18.2 Å². The Hall–Kier alpha value is -1.48. The number of methoxy groups -OCH3 is 1. The molecule has 0 bridgehead atoms. The minimum atomic E-state index is 0.0912. The van der Waals surface area contributed by atoms with Crippen LogP contribution in [0.3, 0.4) is 0 Å². The number of nitrogens with zero attached hydrogens (tertiary/aromatic N) is 1. The van der Waals surface area contributed by atoms with E-state index in [1.54, 1.807) is 13.2 Å². The van der Waals surface area contributed by atoms with Crippen molar-refractivity contribution in [2.24, 2.45) is 0 Å². The first-order valence-electron chi connectivity index (χ1n) is 6.93. The summed E-state index contributed by atoms with van der Waals surface area (Å²) in [6.45, 7) is 1.12. The van der Waals surface area contributed by atoms with Crippen LogP contribution >= 0.6 is 0 Å². The van der Waals surface area contributed by atoms with Crippen molar-refractivity contribution in [2.75, 3.05) is 20.7 Å². The Balaban J connectivity index is 2.08. The summed E-state index contributed by atoms with van der Waals surface area (Å²) in [6.07, 6.45) is 8.17. The average Bonchev–Trinajstić information content (AvgIpc) is 2.78. The molecule has 102 valence electrons. The van der Waals surface area contributed by atoms with Crippen LogP contribution in [0, 0.1) is 0 Å². The lowest BCUT2D eigenvalue weighted by Gasteiger charge is -2.38. The molecule has 0 saturated carbocycles. The predicted molar refractivity (Wildman–Crippen MR) is 75.7 cm³/mol. The number of hydrogen-bond acceptors (Lipinski definition) is 3. The molecule has 2 atom stereocenters. The number of benzene rings is 1. The van der Waals surface area contributed by atoms with Gasteiger partial charge in [0.15, 0.2) is 11.5 Å². The van der Waals surface area contributed by atoms with Gasteiger partial charge in [-0.2, -0.15) is 0 Å². The highest BCUT2D eigenvalue weighted by Gasteiger charge is 2.46. The van der Waals surface area contributed by atoms with Gasteiger partial charge in [-0.25, -0.2) is 0 Å². The second-order valence-corrected chi connectivity index (χ2v) is 5.65. The van der Waals surface area contributed by atoms with Crippen LogP contribution in [0.25, 0.3) is 0 Å². The number of allylic oxidation sites excluding steroid dienone is 1. The predicted octanol–water partition coefficient (Wildman–Crippen LogP) is 2.69. The van der Waals surface area contributed by atoms with Crippen LogP contribution in [0.1, 0.15) is 24.8 Å². The zero-order valence-corrected chi connectivity index (χ0v) is 11.6. The Morgan fingerprint density at radius 3 is 3.05 bits per heavy atom. The second kappa shape index (κ2) is 4.57. The highest BCUT2D eigenvalue weighted by molar-refractivity contribution is 5.47. The fraction of sp³-hybridized carbons (Fsp3) is 0.500. The van der Waals surface area contributed by atoms with Crippen LogP contribution in [0.2, 0.25) is 0 Å². The average molecular weight is 259 g/mol. The third-order valence-electron chi connectivity index (χ3n) is 4.74. The van der Waals surface area contributed by atoms with E-state index in [2.05, 4.69) is 24.1 Å². The van der Waals surface area contributed by atoms with Crippen molar-refractivity contribution < 1.29 is 9.84 Å². The molecule has 1 fully saturated rings. The fourth-order valence-corrected chi connectivity index (χ4v) is 3.70. The number of likely N-dealkylation sites (tertiary alicyclic amines) is 1. The van der Waals surface area contributed by atoms with Crippen molar-refractivity contribution in [1.29, 1.82) is 0 Å². The molecule has 1 unspecified atom stereocenters. The van der Waals surface area contributed by atoms with Gasteiger partial charge in [-0.3, -0.25) is 0 Å². The molecule has 0 aromatic heterocycles. The van der Waals surface area contributed by atoms with E-state index in [9.17, 15) is 5.11 Å². The molecular formula is C16H21NO2. The molecule has 19 heavy (non-hydrogen) atoms. The van der Waals surface area contributed by atoms with E-state index in [0.29, 0.717) is 11.8 Å². The molecule has 2 aliphatic rings. The molecular weight excluding hydrogens is 238 g/mol. The Kier molecular flexibility index (Phi) is 3.02. The van der Waals surface area contributed by atoms with Crippen molar-refractivity contribution in [3.63, 3.8) is 0 Å². The first kappa shape index (κ1) is 12.5. The molecule has 1 aromatic carbocycles. The lowest BCUT2D eigenvalue weighted by atomic mass is 9.70. The van der Waals surface area contributed by atoms with Gasteiger partial charge >= 0.3 is 0 Å². The molecule has 0 radical (unpaired) electrons. The smallest absolute Gasteiger partial charge is 0.160 e. The summed E-state index contributed by atoms with van der Waals surface area (Å²) in [5, 5.41) is 9.77. The molecule has 1 heterocycles. The van der Waals surface area contributed by atoms with Gasteiger partial charge in [-0.05, 0) is 50.6 Å². The number of hydrogen-bond donors (Lipinski definition) is 1. The second-order valence-electron chi connectivity index (χ2n) is 5.65. The van der Waals surface area contributed by atoms with E-state index in [1.807, 2.05) is 12.1 Å². The van der Waals surface area contributed by atoms with Gasteiger partial charge < -0.3 is 14.7 Å². The SMILES string of the molecule is COc1cc([C@@]23C=CCCC2N(C)CC3)ccc1O. The summed E-state index contributed by atoms with van der Waals surface area (Å²) in [7, 11) is 3.81. The minimum Gasteiger partial charge on any atom is -0.504 e. The molecule has 3 rings (SSSR count). The molecule has 1 N–H and O–H groups in total. The number of ether oxygens (including phenoxy) is 1. The van der Waals surface area contributed by atoms with Crippen molar-refractivity contribution in [3.8, 4) is 11.5 Å². The number of phenolic OH excluding ortho intramolecular Hbond substituents is 1. The van der Waals surface area contributed by atoms with Crippen LogP contribution in [-0.2, 0) is 5.41 Å². The largest absolute Gasteiger partial charge is 0.504 e. The highest BCUT2D eigenvalue weighted by Crippen LogP contribution is 2.46. The zero-order valence-electron chi connectivity index (χ0n) is 11.6. The Labute approximate surface area is 114 Å². The van der Waals surface area contributed by atoms with Crippen molar-refractivity contribution in [3.05, 3.63) is 35.9 Å². The molecule has 3 heteroatoms. The molecule has 3 nitrogen and oxygen atoms in total. The standard InChI is InChI=1S/C16H21NO2/c1-17-10-9-16(8-4-3-5-15(16)17)12-6-7-13(18)14(11-12)19-2/h4,6-8,11,15,18H,3,5,9-10H2,1-2H3/t15?,16-/m0/s1. The molecule has 1 aliphatic heterocycles. The van der Waals surface area contributed by atoms with Gasteiger partial charge in [0.25, 0.3) is 0 Å². The van der Waals surface area contributed by atoms with E-state index in [0.717, 1.165) is 19.4 Å². The third kappa shape index (κ3) is 1.84. The van der Waals surface area contributed by atoms with E-state index in [4.69, 9.17) is 4.74 Å². The van der Waals surface area contributed by atoms with Gasteiger partial charge in [-0.15, -0.1) is 0 Å². The Morgan fingerprint density at radius 1 is 1.42 bits per heavy atom. The minimum absolute atomic E-state index is 0.0912. The van der Waals surface area contributed by atoms with Crippen LogP contribution in [0.5, 0.6) is 11.5 Å². The quantitative estimate of drug-likeness (QED) is 0.829. The van der Waals surface area contributed by atoms with E-state index >= 15 is 0 Å². The number of likely N-dealkylation sites (N-methyl/N-ethyl adjacent to an activating group) is 1. The Bertz CT molecular complexity index is 511.